The summed E-state index contributed by atoms with van der Waals surface area (Å²) in [6.07, 6.45) is 12.2. The molecule has 354 valence electrons. The lowest BCUT2D eigenvalue weighted by atomic mass is 9.80. The average molecular weight is 935 g/mol. The maximum Gasteiger partial charge on any atom is 0.0717 e. The Kier molecular flexibility index (Phi) is 13.7. The monoisotopic (exact) mass is 934 g/mol. The maximum absolute atomic E-state index is 5.04. The van der Waals surface area contributed by atoms with Crippen molar-refractivity contribution in [3.63, 3.8) is 0 Å². The Morgan fingerprint density at radius 2 is 0.667 bits per heavy atom. The fourth-order valence-electron chi connectivity index (χ4n) is 10.5. The van der Waals surface area contributed by atoms with Crippen molar-refractivity contribution in [2.24, 2.45) is 0 Å². The van der Waals surface area contributed by atoms with E-state index < -0.39 is 0 Å². The molecule has 0 aliphatic carbocycles. The van der Waals surface area contributed by atoms with Crippen molar-refractivity contribution in [2.75, 3.05) is 0 Å². The zero-order valence-electron chi connectivity index (χ0n) is 42.4. The second-order valence-corrected chi connectivity index (χ2v) is 20.4. The molecule has 0 atom stereocenters. The summed E-state index contributed by atoms with van der Waals surface area (Å²) in [5.41, 5.74) is 22.3. The van der Waals surface area contributed by atoms with Crippen molar-refractivity contribution >= 4 is 0 Å². The average Bonchev–Trinajstić information content (AvgIpc) is 3.43. The van der Waals surface area contributed by atoms with Crippen LogP contribution >= 0.6 is 0 Å². The van der Waals surface area contributed by atoms with Crippen LogP contribution in [0, 0.1) is 0 Å². The number of benzene rings is 6. The second kappa shape index (κ2) is 20.7. The van der Waals surface area contributed by atoms with Gasteiger partial charge in [0.2, 0.25) is 0 Å². The predicted molar refractivity (Wildman–Crippen MR) is 302 cm³/mol. The minimum atomic E-state index is 0.0851. The predicted octanol–water partition coefficient (Wildman–Crippen LogP) is 18.4. The third-order valence-electron chi connectivity index (χ3n) is 14.5. The van der Waals surface area contributed by atoms with Gasteiger partial charge in [-0.15, -0.1) is 0 Å². The molecule has 4 heteroatoms. The smallest absolute Gasteiger partial charge is 0.0717 e. The molecule has 0 aliphatic rings. The molecule has 10 rings (SSSR count). The molecule has 0 fully saturated rings. The lowest BCUT2D eigenvalue weighted by Gasteiger charge is -2.25. The number of nitrogens with zero attached hydrogens (tertiary/aromatic N) is 4. The number of rotatable bonds is 15. The van der Waals surface area contributed by atoms with E-state index in [1.54, 1.807) is 0 Å². The first kappa shape index (κ1) is 47.6. The van der Waals surface area contributed by atoms with Gasteiger partial charge in [-0.1, -0.05) is 182 Å². The summed E-state index contributed by atoms with van der Waals surface area (Å²) in [7, 11) is 0. The summed E-state index contributed by atoms with van der Waals surface area (Å²) in [6, 6.07) is 70.2. The first-order valence-electron chi connectivity index (χ1n) is 25.5. The molecule has 0 amide bonds. The van der Waals surface area contributed by atoms with Crippen molar-refractivity contribution in [3.05, 3.63) is 230 Å². The second-order valence-electron chi connectivity index (χ2n) is 20.4. The summed E-state index contributed by atoms with van der Waals surface area (Å²) in [5, 5.41) is 0. The zero-order chi connectivity index (χ0) is 49.7. The van der Waals surface area contributed by atoms with E-state index in [0.717, 1.165) is 126 Å². The van der Waals surface area contributed by atoms with Crippen LogP contribution in [0.25, 0.3) is 101 Å². The molecule has 4 heterocycles. The van der Waals surface area contributed by atoms with Crippen LogP contribution in [0.15, 0.2) is 219 Å². The zero-order valence-corrected chi connectivity index (χ0v) is 42.4. The number of hydrogen-bond acceptors (Lipinski definition) is 4. The summed E-state index contributed by atoms with van der Waals surface area (Å²) < 4.78 is 0. The van der Waals surface area contributed by atoms with Gasteiger partial charge in [0, 0.05) is 47.0 Å². The summed E-state index contributed by atoms with van der Waals surface area (Å²) in [6.45, 7) is 13.8. The van der Waals surface area contributed by atoms with Crippen LogP contribution in [0.3, 0.4) is 0 Å². The fraction of sp³-hybridized carbons (Fsp3) is 0.176. The molecule has 0 saturated carbocycles. The molecular formula is C68H62N4. The number of hydrogen-bond donors (Lipinski definition) is 0. The molecule has 0 spiro atoms. The number of aromatic nitrogens is 4. The lowest BCUT2D eigenvalue weighted by molar-refractivity contribution is 0.472. The highest BCUT2D eigenvalue weighted by molar-refractivity contribution is 5.94. The Bertz CT molecular complexity index is 3290. The number of pyridine rings is 4. The Morgan fingerprint density at radius 3 is 1.07 bits per heavy atom. The molecule has 0 aliphatic heterocycles. The molecular weight excluding hydrogens is 873 g/mol. The third-order valence-corrected chi connectivity index (χ3v) is 14.5. The highest BCUT2D eigenvalue weighted by Crippen LogP contribution is 2.43. The van der Waals surface area contributed by atoms with Gasteiger partial charge in [-0.2, -0.15) is 0 Å². The minimum absolute atomic E-state index is 0.0851. The summed E-state index contributed by atoms with van der Waals surface area (Å²) >= 11 is 0. The Hall–Kier alpha value is -8.08. The lowest BCUT2D eigenvalue weighted by Crippen LogP contribution is -2.16. The summed E-state index contributed by atoms with van der Waals surface area (Å²) in [5.74, 6) is 0. The fourth-order valence-corrected chi connectivity index (χ4v) is 10.5. The highest BCUT2D eigenvalue weighted by atomic mass is 14.7. The van der Waals surface area contributed by atoms with Gasteiger partial charge in [-0.3, -0.25) is 19.9 Å². The third kappa shape index (κ3) is 10.1. The summed E-state index contributed by atoms with van der Waals surface area (Å²) in [4.78, 5) is 19.3. The van der Waals surface area contributed by atoms with E-state index in [0.29, 0.717) is 0 Å². The van der Waals surface area contributed by atoms with Gasteiger partial charge in [0.15, 0.2) is 0 Å². The van der Waals surface area contributed by atoms with E-state index in [-0.39, 0.29) is 10.8 Å². The van der Waals surface area contributed by atoms with Crippen LogP contribution < -0.4 is 0 Å². The van der Waals surface area contributed by atoms with E-state index in [2.05, 4.69) is 222 Å². The largest absolute Gasteiger partial charge is 0.256 e. The van der Waals surface area contributed by atoms with Gasteiger partial charge >= 0.3 is 0 Å². The van der Waals surface area contributed by atoms with Crippen LogP contribution in [-0.2, 0) is 10.8 Å². The molecule has 6 aromatic carbocycles. The Labute approximate surface area is 426 Å². The maximum atomic E-state index is 5.04. The topological polar surface area (TPSA) is 51.6 Å². The van der Waals surface area contributed by atoms with Crippen LogP contribution in [-0.4, -0.2) is 19.9 Å². The van der Waals surface area contributed by atoms with E-state index in [1.165, 1.54) is 11.1 Å². The standard InChI is InChI=1S/C68H62N4/c1-7-36-67(3,4)55-34-39-70-65(44-55)49-28-24-47(25-29-49)57-17-9-11-19-59(57)52-41-53(43-54(42-52)61-21-13-14-22-62(61)64-33-32-51(46-72-64)63-23-15-16-38-69-63)60-20-12-10-18-58(60)48-26-30-50(31-27-48)66-45-56(35-40-71-66)68(5,6)37-8-2/h9-35,38-46H,7-8,36-37H2,1-6H3. The molecule has 72 heavy (non-hydrogen) atoms. The van der Waals surface area contributed by atoms with Crippen molar-refractivity contribution in [1.82, 2.24) is 19.9 Å². The van der Waals surface area contributed by atoms with Crippen molar-refractivity contribution in [3.8, 4) is 101 Å². The van der Waals surface area contributed by atoms with Crippen molar-refractivity contribution < 1.29 is 0 Å². The molecule has 4 nitrogen and oxygen atoms in total. The minimum Gasteiger partial charge on any atom is -0.256 e. The van der Waals surface area contributed by atoms with Gasteiger partial charge in [-0.05, 0) is 157 Å². The highest BCUT2D eigenvalue weighted by Gasteiger charge is 2.22. The molecule has 0 N–H and O–H groups in total. The van der Waals surface area contributed by atoms with Gasteiger partial charge in [0.25, 0.3) is 0 Å². The van der Waals surface area contributed by atoms with E-state index in [4.69, 9.17) is 15.0 Å². The van der Waals surface area contributed by atoms with Crippen LogP contribution in [0.5, 0.6) is 0 Å². The van der Waals surface area contributed by atoms with Crippen LogP contribution in [0.2, 0.25) is 0 Å². The first-order valence-corrected chi connectivity index (χ1v) is 25.5. The van der Waals surface area contributed by atoms with Gasteiger partial charge in [0.05, 0.1) is 22.8 Å². The van der Waals surface area contributed by atoms with Gasteiger partial charge in [-0.25, -0.2) is 0 Å². The molecule has 4 aromatic heterocycles. The Morgan fingerprint density at radius 1 is 0.292 bits per heavy atom. The van der Waals surface area contributed by atoms with E-state index in [1.807, 2.05) is 43.0 Å². The van der Waals surface area contributed by atoms with E-state index in [9.17, 15) is 0 Å². The van der Waals surface area contributed by atoms with Gasteiger partial charge < -0.3 is 0 Å². The van der Waals surface area contributed by atoms with Crippen LogP contribution in [0.1, 0.15) is 78.4 Å². The van der Waals surface area contributed by atoms with Gasteiger partial charge in [0.1, 0.15) is 0 Å². The molecule has 0 saturated heterocycles. The molecule has 0 unspecified atom stereocenters. The first-order chi connectivity index (χ1) is 35.1. The van der Waals surface area contributed by atoms with Crippen molar-refractivity contribution in [2.45, 2.75) is 78.1 Å². The molecule has 0 bridgehead atoms. The normalized spacial score (nSPS) is 11.7. The molecule has 0 radical (unpaired) electrons. The van der Waals surface area contributed by atoms with Crippen LogP contribution in [0.4, 0.5) is 0 Å². The molecule has 10 aromatic rings. The van der Waals surface area contributed by atoms with Crippen molar-refractivity contribution in [1.29, 1.82) is 0 Å². The Balaban J connectivity index is 1.08. The van der Waals surface area contributed by atoms with E-state index >= 15 is 0 Å². The quantitative estimate of drug-likeness (QED) is 0.103. The SMILES string of the molecule is CCCC(C)(C)c1ccnc(-c2ccc(-c3ccccc3-c3cc(-c4ccccc4-c4ccc(-c5cc(C(C)(C)CCC)ccn5)cc4)cc(-c4ccccc4-c4ccc(-c5ccccn5)cn4)c3)cc2)c1.